The molecule has 0 unspecified atom stereocenters. The molecular weight excluding hydrogens is 419 g/mol. The van der Waals surface area contributed by atoms with E-state index in [1.807, 2.05) is 0 Å². The minimum absolute atomic E-state index is 0.0283. The molecule has 0 radical (unpaired) electrons. The van der Waals surface area contributed by atoms with Crippen LogP contribution >= 0.6 is 0 Å². The fraction of sp³-hybridized carbons (Fsp3) is 0.273. The molecule has 2 aliphatic rings. The number of aromatic amines is 1. The lowest BCUT2D eigenvalue weighted by Gasteiger charge is -2.39. The van der Waals surface area contributed by atoms with E-state index >= 15 is 0 Å². The Balaban J connectivity index is 1.30. The van der Waals surface area contributed by atoms with Gasteiger partial charge in [0.25, 0.3) is 5.91 Å². The molecule has 164 valence electrons. The Morgan fingerprint density at radius 1 is 1.25 bits per heavy atom. The third-order valence-electron chi connectivity index (χ3n) is 6.20. The second-order valence-corrected chi connectivity index (χ2v) is 8.18. The Morgan fingerprint density at radius 3 is 2.78 bits per heavy atom. The zero-order valence-electron chi connectivity index (χ0n) is 16.8. The quantitative estimate of drug-likeness (QED) is 0.326. The largest absolute Gasteiger partial charge is 0.619 e. The lowest BCUT2D eigenvalue weighted by Crippen LogP contribution is -2.49. The van der Waals surface area contributed by atoms with Gasteiger partial charge >= 0.3 is 5.97 Å². The smallest absolute Gasteiger partial charge is 0.339 e. The number of ether oxygens (including phenoxy) is 1. The fourth-order valence-corrected chi connectivity index (χ4v) is 4.39. The van der Waals surface area contributed by atoms with Gasteiger partial charge in [0.1, 0.15) is 17.0 Å². The number of aliphatic hydroxyl groups is 1. The molecule has 1 saturated carbocycles. The number of nitrogens with one attached hydrogen (secondary N) is 2. The van der Waals surface area contributed by atoms with Crippen LogP contribution in [0.3, 0.4) is 0 Å². The van der Waals surface area contributed by atoms with Gasteiger partial charge < -0.3 is 20.4 Å². The van der Waals surface area contributed by atoms with Crippen molar-refractivity contribution in [2.24, 2.45) is 0 Å². The average Bonchev–Trinajstić information content (AvgIpc) is 3.33. The van der Waals surface area contributed by atoms with E-state index in [0.717, 1.165) is 0 Å². The van der Waals surface area contributed by atoms with E-state index in [0.29, 0.717) is 27.1 Å². The molecule has 3 aromatic rings. The SMILES string of the molecule is O=C1OC2(CCC(O)(C(=O)Nc3cc(-c4cccc(F)c4)[nH]n3)CC2)c2c[n+]([O-])ccc21. The second-order valence-electron chi connectivity index (χ2n) is 8.18. The van der Waals surface area contributed by atoms with Gasteiger partial charge in [0, 0.05) is 17.7 Å². The highest BCUT2D eigenvalue weighted by Crippen LogP contribution is 2.48. The van der Waals surface area contributed by atoms with Gasteiger partial charge in [-0.25, -0.2) is 9.18 Å². The standard InChI is InChI=1S/C22H19FN4O5/c23-14-3-1-2-13(10-14)17-11-18(26-25-17)24-20(29)21(30)5-7-22(8-6-21)16-12-27(31)9-4-15(16)19(28)32-22/h1-4,9-12,30H,5-8H2,(H2,24,25,26,29). The molecule has 1 fully saturated rings. The van der Waals surface area contributed by atoms with Gasteiger partial charge in [-0.1, -0.05) is 12.1 Å². The molecular formula is C22H19FN4O5. The zero-order valence-corrected chi connectivity index (χ0v) is 16.8. The normalized spacial score (nSPS) is 24.2. The number of fused-ring (bicyclic) bond motifs is 2. The van der Waals surface area contributed by atoms with Crippen LogP contribution in [-0.2, 0) is 15.1 Å². The summed E-state index contributed by atoms with van der Waals surface area (Å²) in [4.78, 5) is 25.0. The first-order chi connectivity index (χ1) is 15.3. The minimum atomic E-state index is -1.69. The number of amides is 1. The number of halogens is 1. The number of aromatic nitrogens is 3. The number of rotatable bonds is 3. The van der Waals surface area contributed by atoms with Crippen molar-refractivity contribution in [1.29, 1.82) is 0 Å². The predicted molar refractivity (Wildman–Crippen MR) is 109 cm³/mol. The van der Waals surface area contributed by atoms with Crippen LogP contribution < -0.4 is 10.0 Å². The summed E-state index contributed by atoms with van der Waals surface area (Å²) >= 11 is 0. The van der Waals surface area contributed by atoms with Crippen molar-refractivity contribution in [3.05, 3.63) is 70.9 Å². The summed E-state index contributed by atoms with van der Waals surface area (Å²) in [5.41, 5.74) is -0.838. The van der Waals surface area contributed by atoms with Gasteiger partial charge in [0.15, 0.2) is 18.2 Å². The summed E-state index contributed by atoms with van der Waals surface area (Å²) in [6.07, 6.45) is 2.97. The monoisotopic (exact) mass is 438 g/mol. The highest BCUT2D eigenvalue weighted by Gasteiger charge is 2.54. The summed E-state index contributed by atoms with van der Waals surface area (Å²) < 4.78 is 19.6. The molecule has 1 aliphatic heterocycles. The summed E-state index contributed by atoms with van der Waals surface area (Å²) in [6.45, 7) is 0. The van der Waals surface area contributed by atoms with E-state index in [1.54, 1.807) is 18.2 Å². The summed E-state index contributed by atoms with van der Waals surface area (Å²) in [5.74, 6) is -1.36. The van der Waals surface area contributed by atoms with Crippen molar-refractivity contribution < 1.29 is 28.6 Å². The topological polar surface area (TPSA) is 131 Å². The van der Waals surface area contributed by atoms with E-state index in [2.05, 4.69) is 15.5 Å². The van der Waals surface area contributed by atoms with E-state index in [4.69, 9.17) is 4.74 Å². The van der Waals surface area contributed by atoms with Gasteiger partial charge in [-0.15, -0.1) is 0 Å². The van der Waals surface area contributed by atoms with Crippen molar-refractivity contribution in [3.63, 3.8) is 0 Å². The maximum atomic E-state index is 13.4. The second kappa shape index (κ2) is 7.13. The Morgan fingerprint density at radius 2 is 2.03 bits per heavy atom. The first-order valence-electron chi connectivity index (χ1n) is 10.1. The molecule has 0 bridgehead atoms. The molecule has 2 aromatic heterocycles. The number of anilines is 1. The van der Waals surface area contributed by atoms with Crippen LogP contribution in [0.1, 0.15) is 41.6 Å². The predicted octanol–water partition coefficient (Wildman–Crippen LogP) is 2.16. The molecule has 0 saturated heterocycles. The van der Waals surface area contributed by atoms with Crippen molar-refractivity contribution in [3.8, 4) is 11.3 Å². The number of hydrogen-bond acceptors (Lipinski definition) is 6. The van der Waals surface area contributed by atoms with E-state index in [1.165, 1.54) is 30.6 Å². The maximum Gasteiger partial charge on any atom is 0.339 e. The number of H-pyrrole nitrogens is 1. The van der Waals surface area contributed by atoms with E-state index < -0.39 is 28.9 Å². The molecule has 3 heterocycles. The van der Waals surface area contributed by atoms with E-state index in [9.17, 15) is 24.3 Å². The Labute approximate surface area is 181 Å². The molecule has 9 nitrogen and oxygen atoms in total. The number of hydrogen-bond donors (Lipinski definition) is 3. The molecule has 1 aliphatic carbocycles. The first kappa shape index (κ1) is 20.1. The third-order valence-corrected chi connectivity index (χ3v) is 6.20. The number of nitrogens with zero attached hydrogens (tertiary/aromatic N) is 2. The van der Waals surface area contributed by atoms with Gasteiger partial charge in [0.05, 0.1) is 16.8 Å². The van der Waals surface area contributed by atoms with Crippen molar-refractivity contribution in [2.45, 2.75) is 36.9 Å². The number of benzene rings is 1. The molecule has 32 heavy (non-hydrogen) atoms. The number of pyridine rings is 1. The first-order valence-corrected chi connectivity index (χ1v) is 10.1. The molecule has 0 atom stereocenters. The average molecular weight is 438 g/mol. The van der Waals surface area contributed by atoms with Gasteiger partial charge in [-0.05, 0) is 37.8 Å². The molecule has 1 aromatic carbocycles. The van der Waals surface area contributed by atoms with Crippen molar-refractivity contribution >= 4 is 17.7 Å². The van der Waals surface area contributed by atoms with Crippen LogP contribution in [0.4, 0.5) is 10.2 Å². The van der Waals surface area contributed by atoms with Crippen LogP contribution in [0, 0.1) is 11.0 Å². The Hall–Kier alpha value is -3.79. The molecule has 1 amide bonds. The highest BCUT2D eigenvalue weighted by atomic mass is 19.1. The Bertz CT molecular complexity index is 1230. The summed E-state index contributed by atoms with van der Waals surface area (Å²) in [6, 6.07) is 8.88. The van der Waals surface area contributed by atoms with Crippen molar-refractivity contribution in [1.82, 2.24) is 10.2 Å². The van der Waals surface area contributed by atoms with Crippen LogP contribution in [0.5, 0.6) is 0 Å². The lowest BCUT2D eigenvalue weighted by atomic mass is 9.73. The van der Waals surface area contributed by atoms with Gasteiger partial charge in [-0.3, -0.25) is 9.89 Å². The maximum absolute atomic E-state index is 13.4. The lowest BCUT2D eigenvalue weighted by molar-refractivity contribution is -0.606. The zero-order chi connectivity index (χ0) is 22.5. The molecule has 5 rings (SSSR count). The summed E-state index contributed by atoms with van der Waals surface area (Å²) in [5, 5.41) is 32.0. The highest BCUT2D eigenvalue weighted by molar-refractivity contribution is 5.97. The Kier molecular flexibility index (Phi) is 4.48. The third kappa shape index (κ3) is 3.28. The number of carbonyl (C=O) groups excluding carboxylic acids is 2. The van der Waals surface area contributed by atoms with Gasteiger partial charge in [-0.2, -0.15) is 9.83 Å². The fourth-order valence-electron chi connectivity index (χ4n) is 4.39. The molecule has 10 heteroatoms. The minimum Gasteiger partial charge on any atom is -0.619 e. The molecule has 3 N–H and O–H groups in total. The van der Waals surface area contributed by atoms with Crippen LogP contribution in [0.25, 0.3) is 11.3 Å². The number of esters is 1. The van der Waals surface area contributed by atoms with Crippen LogP contribution in [0.2, 0.25) is 0 Å². The summed E-state index contributed by atoms with van der Waals surface area (Å²) in [7, 11) is 0. The van der Waals surface area contributed by atoms with Crippen LogP contribution in [0.15, 0.2) is 48.8 Å². The number of carbonyl (C=O) groups is 2. The van der Waals surface area contributed by atoms with E-state index in [-0.39, 0.29) is 31.5 Å². The van der Waals surface area contributed by atoms with Crippen LogP contribution in [-0.4, -0.2) is 32.8 Å². The van der Waals surface area contributed by atoms with Crippen molar-refractivity contribution in [2.75, 3.05) is 5.32 Å². The van der Waals surface area contributed by atoms with Gasteiger partial charge in [0.2, 0.25) is 0 Å². The molecule has 1 spiro atoms.